The number of hydrogen-bond donors (Lipinski definition) is 0. The third-order valence-corrected chi connectivity index (χ3v) is 4.12. The Bertz CT molecular complexity index is 644. The molecule has 0 radical (unpaired) electrons. The number of aromatic nitrogens is 4. The molecule has 0 aromatic carbocycles. The van der Waals surface area contributed by atoms with E-state index in [-0.39, 0.29) is 9.92 Å². The molecule has 0 saturated heterocycles. The zero-order valence-electron chi connectivity index (χ0n) is 9.33. The molecule has 0 spiro atoms. The quantitative estimate of drug-likeness (QED) is 0.846. The second-order valence-corrected chi connectivity index (χ2v) is 5.67. The minimum atomic E-state index is -3.70. The third kappa shape index (κ3) is 2.07. The van der Waals surface area contributed by atoms with Gasteiger partial charge in [0.1, 0.15) is 4.90 Å². The van der Waals surface area contributed by atoms with Crippen LogP contribution in [0.4, 0.5) is 0 Å². The van der Waals surface area contributed by atoms with Crippen molar-refractivity contribution in [2.75, 3.05) is 0 Å². The van der Waals surface area contributed by atoms with Gasteiger partial charge in [0.15, 0.2) is 0 Å². The lowest BCUT2D eigenvalue weighted by molar-refractivity contribution is 0.579. The molecule has 92 valence electrons. The number of hydrogen-bond acceptors (Lipinski definition) is 4. The first kappa shape index (κ1) is 12.1. The van der Waals surface area contributed by atoms with Crippen molar-refractivity contribution < 1.29 is 8.42 Å². The highest BCUT2D eigenvalue weighted by molar-refractivity contribution is 7.89. The maximum absolute atomic E-state index is 12.2. The molecule has 0 aliphatic rings. The summed E-state index contributed by atoms with van der Waals surface area (Å²) in [4.78, 5) is 0.138. The van der Waals surface area contributed by atoms with Crippen LogP contribution in [0.1, 0.15) is 12.6 Å². The van der Waals surface area contributed by atoms with E-state index in [2.05, 4.69) is 10.2 Å². The molecule has 17 heavy (non-hydrogen) atoms. The van der Waals surface area contributed by atoms with Gasteiger partial charge < -0.3 is 0 Å². The summed E-state index contributed by atoms with van der Waals surface area (Å²) in [6.45, 7) is 4.13. The Morgan fingerprint density at radius 1 is 1.41 bits per heavy atom. The molecule has 0 fully saturated rings. The zero-order chi connectivity index (χ0) is 12.6. The molecule has 2 aromatic heterocycles. The van der Waals surface area contributed by atoms with E-state index >= 15 is 0 Å². The van der Waals surface area contributed by atoms with Crippen LogP contribution < -0.4 is 0 Å². The average Bonchev–Trinajstić information content (AvgIpc) is 2.85. The summed E-state index contributed by atoms with van der Waals surface area (Å²) < 4.78 is 26.8. The van der Waals surface area contributed by atoms with Gasteiger partial charge in [0.05, 0.1) is 23.1 Å². The molecule has 6 nitrogen and oxygen atoms in total. The normalized spacial score (nSPS) is 11.9. The van der Waals surface area contributed by atoms with Gasteiger partial charge in [-0.1, -0.05) is 11.6 Å². The number of rotatable bonds is 3. The highest BCUT2D eigenvalue weighted by atomic mass is 35.5. The molecule has 2 aromatic rings. The minimum absolute atomic E-state index is 0.138. The van der Waals surface area contributed by atoms with Crippen molar-refractivity contribution in [1.29, 1.82) is 0 Å². The smallest absolute Gasteiger partial charge is 0.271 e. The van der Waals surface area contributed by atoms with Gasteiger partial charge in [0.2, 0.25) is 0 Å². The first-order valence-corrected chi connectivity index (χ1v) is 6.76. The van der Waals surface area contributed by atoms with Crippen LogP contribution in [0.3, 0.4) is 0 Å². The van der Waals surface area contributed by atoms with E-state index in [0.29, 0.717) is 12.2 Å². The largest absolute Gasteiger partial charge is 0.286 e. The summed E-state index contributed by atoms with van der Waals surface area (Å²) in [5.74, 6) is 0. The SMILES string of the molecule is CCn1cc(S(=O)(=O)n2cc(Cl)cn2)c(C)n1. The second kappa shape index (κ2) is 4.15. The summed E-state index contributed by atoms with van der Waals surface area (Å²) in [5.41, 5.74) is 0.443. The lowest BCUT2D eigenvalue weighted by Gasteiger charge is -2.01. The van der Waals surface area contributed by atoms with Gasteiger partial charge in [-0.3, -0.25) is 4.68 Å². The molecule has 8 heteroatoms. The van der Waals surface area contributed by atoms with Crippen molar-refractivity contribution in [1.82, 2.24) is 19.0 Å². The van der Waals surface area contributed by atoms with Crippen molar-refractivity contribution in [3.05, 3.63) is 29.3 Å². The molecule has 0 aliphatic heterocycles. The van der Waals surface area contributed by atoms with Crippen molar-refractivity contribution in [2.45, 2.75) is 25.3 Å². The van der Waals surface area contributed by atoms with Crippen LogP contribution in [0.2, 0.25) is 5.02 Å². The van der Waals surface area contributed by atoms with Crippen LogP contribution in [0.5, 0.6) is 0 Å². The van der Waals surface area contributed by atoms with Crippen LogP contribution in [0.25, 0.3) is 0 Å². The summed E-state index contributed by atoms with van der Waals surface area (Å²) in [6, 6.07) is 0. The Kier molecular flexibility index (Phi) is 2.96. The summed E-state index contributed by atoms with van der Waals surface area (Å²) in [7, 11) is -3.70. The van der Waals surface area contributed by atoms with E-state index in [1.807, 2.05) is 6.92 Å². The Morgan fingerprint density at radius 3 is 2.59 bits per heavy atom. The molecule has 0 aliphatic carbocycles. The van der Waals surface area contributed by atoms with Crippen LogP contribution >= 0.6 is 11.6 Å². The minimum Gasteiger partial charge on any atom is -0.271 e. The third-order valence-electron chi connectivity index (χ3n) is 2.28. The topological polar surface area (TPSA) is 69.8 Å². The standard InChI is InChI=1S/C9H11ClN4O2S/c1-3-13-6-9(7(2)12-13)17(15,16)14-5-8(10)4-11-14/h4-6H,3H2,1-2H3. The van der Waals surface area contributed by atoms with E-state index < -0.39 is 10.0 Å². The summed E-state index contributed by atoms with van der Waals surface area (Å²) >= 11 is 5.66. The Labute approximate surface area is 104 Å². The van der Waals surface area contributed by atoms with E-state index in [4.69, 9.17) is 11.6 Å². The van der Waals surface area contributed by atoms with E-state index in [1.165, 1.54) is 18.6 Å². The molecule has 0 saturated carbocycles. The molecule has 0 atom stereocenters. The molecule has 2 heterocycles. The van der Waals surface area contributed by atoms with Gasteiger partial charge in [-0.05, 0) is 13.8 Å². The summed E-state index contributed by atoms with van der Waals surface area (Å²) in [5, 5.41) is 8.06. The monoisotopic (exact) mass is 274 g/mol. The Hall–Kier alpha value is -1.34. The van der Waals surface area contributed by atoms with Crippen molar-refractivity contribution in [3.8, 4) is 0 Å². The molecule has 0 bridgehead atoms. The first-order valence-electron chi connectivity index (χ1n) is 4.95. The molecule has 0 amide bonds. The number of nitrogens with zero attached hydrogens (tertiary/aromatic N) is 4. The molecular weight excluding hydrogens is 264 g/mol. The van der Waals surface area contributed by atoms with E-state index in [1.54, 1.807) is 11.6 Å². The average molecular weight is 275 g/mol. The predicted molar refractivity (Wildman–Crippen MR) is 62.5 cm³/mol. The molecule has 2 rings (SSSR count). The maximum Gasteiger partial charge on any atom is 0.286 e. The fourth-order valence-corrected chi connectivity index (χ4v) is 2.92. The predicted octanol–water partition coefficient (Wildman–Crippen LogP) is 1.30. The number of aryl methyl sites for hydroxylation is 2. The van der Waals surface area contributed by atoms with Crippen LogP contribution in [0.15, 0.2) is 23.5 Å². The van der Waals surface area contributed by atoms with Gasteiger partial charge in [-0.25, -0.2) is 0 Å². The van der Waals surface area contributed by atoms with Crippen LogP contribution in [-0.2, 0) is 16.6 Å². The van der Waals surface area contributed by atoms with Gasteiger partial charge in [0.25, 0.3) is 10.0 Å². The lowest BCUT2D eigenvalue weighted by atomic mass is 10.5. The molecular formula is C9H11ClN4O2S. The fraction of sp³-hybridized carbons (Fsp3) is 0.333. The lowest BCUT2D eigenvalue weighted by Crippen LogP contribution is -2.13. The Morgan fingerprint density at radius 2 is 2.12 bits per heavy atom. The van der Waals surface area contributed by atoms with Gasteiger partial charge >= 0.3 is 0 Å². The highest BCUT2D eigenvalue weighted by Gasteiger charge is 2.23. The van der Waals surface area contributed by atoms with Gasteiger partial charge in [0, 0.05) is 12.7 Å². The van der Waals surface area contributed by atoms with Gasteiger partial charge in [-0.2, -0.15) is 22.7 Å². The maximum atomic E-state index is 12.2. The van der Waals surface area contributed by atoms with Gasteiger partial charge in [-0.15, -0.1) is 0 Å². The van der Waals surface area contributed by atoms with E-state index in [9.17, 15) is 8.42 Å². The fourth-order valence-electron chi connectivity index (χ4n) is 1.43. The van der Waals surface area contributed by atoms with Crippen molar-refractivity contribution in [3.63, 3.8) is 0 Å². The molecule has 0 unspecified atom stereocenters. The van der Waals surface area contributed by atoms with Crippen molar-refractivity contribution in [2.24, 2.45) is 0 Å². The zero-order valence-corrected chi connectivity index (χ0v) is 10.9. The van der Waals surface area contributed by atoms with Crippen molar-refractivity contribution >= 4 is 21.6 Å². The summed E-state index contributed by atoms with van der Waals surface area (Å²) in [6.07, 6.45) is 4.01. The van der Waals surface area contributed by atoms with Crippen LogP contribution in [0, 0.1) is 6.92 Å². The number of halogens is 1. The second-order valence-electron chi connectivity index (χ2n) is 3.47. The molecule has 0 N–H and O–H groups in total. The van der Waals surface area contributed by atoms with E-state index in [0.717, 1.165) is 4.09 Å². The first-order chi connectivity index (χ1) is 7.95. The Balaban J connectivity index is 2.55. The van der Waals surface area contributed by atoms with Crippen LogP contribution in [-0.4, -0.2) is 27.4 Å². The highest BCUT2D eigenvalue weighted by Crippen LogP contribution is 2.18.